The summed E-state index contributed by atoms with van der Waals surface area (Å²) >= 11 is 0. The van der Waals surface area contributed by atoms with E-state index in [1.165, 1.54) is 4.68 Å². The van der Waals surface area contributed by atoms with Crippen LogP contribution in [0.4, 0.5) is 18.9 Å². The lowest BCUT2D eigenvalue weighted by Crippen LogP contribution is -2.28. The van der Waals surface area contributed by atoms with Crippen molar-refractivity contribution in [1.29, 1.82) is 0 Å². The lowest BCUT2D eigenvalue weighted by Gasteiger charge is -2.27. The molecule has 0 radical (unpaired) electrons. The van der Waals surface area contributed by atoms with E-state index in [9.17, 15) is 18.3 Å². The quantitative estimate of drug-likeness (QED) is 0.278. The van der Waals surface area contributed by atoms with Crippen molar-refractivity contribution in [2.24, 2.45) is 0 Å². The second kappa shape index (κ2) is 9.19. The van der Waals surface area contributed by atoms with Crippen molar-refractivity contribution >= 4 is 27.5 Å². The van der Waals surface area contributed by atoms with Crippen LogP contribution >= 0.6 is 0 Å². The molecule has 8 heteroatoms. The lowest BCUT2D eigenvalue weighted by atomic mass is 9.93. The molecule has 5 nitrogen and oxygen atoms in total. The third-order valence-corrected chi connectivity index (χ3v) is 7.04. The first-order valence-electron chi connectivity index (χ1n) is 12.4. The second-order valence-electron chi connectivity index (χ2n) is 9.57. The molecule has 188 valence electrons. The highest BCUT2D eigenvalue weighted by Crippen LogP contribution is 2.40. The number of aliphatic hydroxyl groups excluding tert-OH is 1. The molecule has 0 unspecified atom stereocenters. The smallest absolute Gasteiger partial charge is 0.393 e. The largest absolute Gasteiger partial charge is 0.435 e. The summed E-state index contributed by atoms with van der Waals surface area (Å²) in [5.41, 5.74) is 2.61. The van der Waals surface area contributed by atoms with E-state index in [1.54, 1.807) is 30.5 Å². The Hall–Kier alpha value is -3.91. The molecule has 0 saturated heterocycles. The molecule has 2 N–H and O–H groups in total. The third-order valence-electron chi connectivity index (χ3n) is 7.04. The zero-order valence-electron chi connectivity index (χ0n) is 19.9. The third kappa shape index (κ3) is 4.53. The molecule has 2 heterocycles. The molecule has 0 amide bonds. The number of aromatic nitrogens is 3. The van der Waals surface area contributed by atoms with E-state index in [0.29, 0.717) is 22.3 Å². The van der Waals surface area contributed by atoms with Gasteiger partial charge in [-0.15, -0.1) is 0 Å². The molecule has 2 aromatic heterocycles. The lowest BCUT2D eigenvalue weighted by molar-refractivity contribution is -0.140. The molecule has 0 bridgehead atoms. The summed E-state index contributed by atoms with van der Waals surface area (Å²) in [5.74, 6) is 0. The number of aliphatic hydroxyl groups is 1. The van der Waals surface area contributed by atoms with Crippen molar-refractivity contribution in [2.75, 3.05) is 5.32 Å². The number of alkyl halides is 3. The van der Waals surface area contributed by atoms with E-state index in [-0.39, 0.29) is 17.5 Å². The van der Waals surface area contributed by atoms with E-state index in [4.69, 9.17) is 0 Å². The van der Waals surface area contributed by atoms with Crippen LogP contribution in [0, 0.1) is 0 Å². The summed E-state index contributed by atoms with van der Waals surface area (Å²) in [6.45, 7) is 0. The van der Waals surface area contributed by atoms with Crippen LogP contribution in [0.5, 0.6) is 0 Å². The molecule has 6 rings (SSSR count). The Kier molecular flexibility index (Phi) is 5.83. The monoisotopic (exact) mass is 502 g/mol. The predicted octanol–water partition coefficient (Wildman–Crippen LogP) is 6.97. The Balaban J connectivity index is 1.46. The molecular weight excluding hydrogens is 477 g/mol. The predicted molar refractivity (Wildman–Crippen MR) is 139 cm³/mol. The van der Waals surface area contributed by atoms with Gasteiger partial charge in [-0.25, -0.2) is 4.68 Å². The molecule has 5 aromatic rings. The molecule has 1 saturated carbocycles. The maximum absolute atomic E-state index is 14.3. The van der Waals surface area contributed by atoms with Crippen LogP contribution in [0.2, 0.25) is 0 Å². The van der Waals surface area contributed by atoms with Gasteiger partial charge in [0.1, 0.15) is 0 Å². The molecule has 3 aromatic carbocycles. The van der Waals surface area contributed by atoms with Crippen LogP contribution in [0.25, 0.3) is 38.6 Å². The molecule has 0 atom stereocenters. The maximum Gasteiger partial charge on any atom is 0.435 e. The molecule has 1 aliphatic rings. The van der Waals surface area contributed by atoms with Gasteiger partial charge >= 0.3 is 6.18 Å². The number of nitrogens with zero attached hydrogens (tertiary/aromatic N) is 3. The number of hydrogen-bond acceptors (Lipinski definition) is 4. The number of halogens is 3. The van der Waals surface area contributed by atoms with Crippen LogP contribution < -0.4 is 5.32 Å². The molecule has 0 aliphatic heterocycles. The van der Waals surface area contributed by atoms with Gasteiger partial charge in [0, 0.05) is 34.3 Å². The van der Waals surface area contributed by atoms with Crippen LogP contribution in [0.15, 0.2) is 79.0 Å². The number of fused-ring (bicyclic) bond motifs is 2. The molecule has 1 aliphatic carbocycles. The fourth-order valence-electron chi connectivity index (χ4n) is 5.21. The van der Waals surface area contributed by atoms with Crippen LogP contribution in [0.1, 0.15) is 31.4 Å². The van der Waals surface area contributed by atoms with Gasteiger partial charge in [-0.1, -0.05) is 36.4 Å². The van der Waals surface area contributed by atoms with Gasteiger partial charge in [-0.05, 0) is 67.6 Å². The van der Waals surface area contributed by atoms with Crippen LogP contribution in [0.3, 0.4) is 0 Å². The molecule has 37 heavy (non-hydrogen) atoms. The summed E-state index contributed by atoms with van der Waals surface area (Å²) < 4.78 is 44.2. The molecular formula is C29H25F3N4O. The normalized spacial score (nSPS) is 18.4. The Labute approximate surface area is 211 Å². The first-order valence-corrected chi connectivity index (χ1v) is 12.4. The van der Waals surface area contributed by atoms with Crippen molar-refractivity contribution in [3.05, 3.63) is 84.7 Å². The van der Waals surface area contributed by atoms with Gasteiger partial charge in [-0.3, -0.25) is 4.98 Å². The van der Waals surface area contributed by atoms with E-state index in [2.05, 4.69) is 15.4 Å². The number of hydrogen-bond donors (Lipinski definition) is 2. The van der Waals surface area contributed by atoms with Gasteiger partial charge < -0.3 is 10.4 Å². The Morgan fingerprint density at radius 2 is 1.68 bits per heavy atom. The minimum Gasteiger partial charge on any atom is -0.393 e. The minimum atomic E-state index is -4.64. The Bertz CT molecular complexity index is 1590. The van der Waals surface area contributed by atoms with Gasteiger partial charge in [0.15, 0.2) is 5.69 Å². The number of rotatable bonds is 4. The summed E-state index contributed by atoms with van der Waals surface area (Å²) in [6.07, 6.45) is -0.115. The minimum absolute atomic E-state index is 0.0479. The van der Waals surface area contributed by atoms with Crippen molar-refractivity contribution in [3.8, 4) is 16.8 Å². The average Bonchev–Trinajstić information content (AvgIpc) is 3.31. The maximum atomic E-state index is 14.3. The standard InChI is InChI=1S/C29H25F3N4O/c30-29(31,32)28-27-24(19-15-18-5-1-2-9-25(18)33-17-19)8-4-10-26(27)36(35-28)22-7-3-6-21(16-22)34-20-11-13-23(37)14-12-20/h1-10,15-17,20,23,34,37H,11-14H2. The van der Waals surface area contributed by atoms with Gasteiger partial charge in [0.2, 0.25) is 0 Å². The van der Waals surface area contributed by atoms with E-state index < -0.39 is 11.9 Å². The van der Waals surface area contributed by atoms with E-state index in [0.717, 1.165) is 42.3 Å². The summed E-state index contributed by atoms with van der Waals surface area (Å²) in [7, 11) is 0. The Morgan fingerprint density at radius 3 is 2.49 bits per heavy atom. The number of para-hydroxylation sites is 1. The number of benzene rings is 3. The zero-order chi connectivity index (χ0) is 25.6. The van der Waals surface area contributed by atoms with Gasteiger partial charge in [-0.2, -0.15) is 18.3 Å². The number of pyridine rings is 1. The molecule has 1 fully saturated rings. The van der Waals surface area contributed by atoms with Crippen LogP contribution in [-0.4, -0.2) is 32.0 Å². The van der Waals surface area contributed by atoms with Crippen molar-refractivity contribution in [1.82, 2.24) is 14.8 Å². The summed E-state index contributed by atoms with van der Waals surface area (Å²) in [5, 5.41) is 18.2. The fraction of sp³-hybridized carbons (Fsp3) is 0.241. The molecule has 0 spiro atoms. The SMILES string of the molecule is OC1CCC(Nc2cccc(-n3nc(C(F)(F)F)c4c(-c5cnc6ccccc6c5)cccc43)c2)CC1. The van der Waals surface area contributed by atoms with Gasteiger partial charge in [0.25, 0.3) is 0 Å². The average molecular weight is 503 g/mol. The second-order valence-corrected chi connectivity index (χ2v) is 9.57. The number of anilines is 1. The van der Waals surface area contributed by atoms with Crippen molar-refractivity contribution < 1.29 is 18.3 Å². The summed E-state index contributed by atoms with van der Waals surface area (Å²) in [4.78, 5) is 4.46. The highest BCUT2D eigenvalue weighted by Gasteiger charge is 2.38. The van der Waals surface area contributed by atoms with Crippen molar-refractivity contribution in [2.45, 2.75) is 44.0 Å². The van der Waals surface area contributed by atoms with E-state index >= 15 is 0 Å². The van der Waals surface area contributed by atoms with Crippen LogP contribution in [-0.2, 0) is 6.18 Å². The first kappa shape index (κ1) is 23.5. The fourth-order valence-corrected chi connectivity index (χ4v) is 5.21. The highest BCUT2D eigenvalue weighted by molar-refractivity contribution is 5.99. The Morgan fingerprint density at radius 1 is 0.892 bits per heavy atom. The summed E-state index contributed by atoms with van der Waals surface area (Å²) in [6, 6.07) is 22.0. The zero-order valence-corrected chi connectivity index (χ0v) is 19.9. The topological polar surface area (TPSA) is 63.0 Å². The van der Waals surface area contributed by atoms with Crippen molar-refractivity contribution in [3.63, 3.8) is 0 Å². The first-order chi connectivity index (χ1) is 17.9. The number of nitrogens with one attached hydrogen (secondary N) is 1. The van der Waals surface area contributed by atoms with Gasteiger partial charge in [0.05, 0.1) is 22.8 Å². The van der Waals surface area contributed by atoms with E-state index in [1.807, 2.05) is 48.5 Å². The highest BCUT2D eigenvalue weighted by atomic mass is 19.4.